The van der Waals surface area contributed by atoms with Gasteiger partial charge in [0.15, 0.2) is 9.84 Å². The number of rotatable bonds is 4. The van der Waals surface area contributed by atoms with Gasteiger partial charge in [-0.15, -0.1) is 0 Å². The van der Waals surface area contributed by atoms with Gasteiger partial charge in [0.25, 0.3) is 0 Å². The molecule has 3 rings (SSSR count). The summed E-state index contributed by atoms with van der Waals surface area (Å²) in [6, 6.07) is 7.59. The molecule has 0 N–H and O–H groups in total. The number of nitrogens with zero attached hydrogens (tertiary/aromatic N) is 2. The molecule has 6 heteroatoms. The Morgan fingerprint density at radius 1 is 1.04 bits per heavy atom. The fourth-order valence-electron chi connectivity index (χ4n) is 3.98. The van der Waals surface area contributed by atoms with Gasteiger partial charge in [0.1, 0.15) is 0 Å². The molecule has 1 amide bonds. The molecule has 0 radical (unpaired) electrons. The van der Waals surface area contributed by atoms with E-state index in [0.29, 0.717) is 18.4 Å². The van der Waals surface area contributed by atoms with E-state index in [0.717, 1.165) is 12.2 Å². The van der Waals surface area contributed by atoms with Crippen molar-refractivity contribution in [3.05, 3.63) is 29.8 Å². The third kappa shape index (κ3) is 3.75. The largest absolute Gasteiger partial charge is 0.306 e. The van der Waals surface area contributed by atoms with Gasteiger partial charge in [-0.2, -0.15) is 0 Å². The SMILES string of the molecule is CC(C)CN1CC(=O)N(c2ccc(C(C)C)cc2)C2CS(=O)(=O)CC21. The molecule has 0 aliphatic carbocycles. The van der Waals surface area contributed by atoms with Gasteiger partial charge in [-0.05, 0) is 29.5 Å². The Balaban J connectivity index is 1.93. The molecule has 2 saturated heterocycles. The van der Waals surface area contributed by atoms with E-state index in [1.165, 1.54) is 5.56 Å². The second-order valence-corrected chi connectivity index (χ2v) is 10.2. The Bertz CT molecular complexity index is 740. The predicted molar refractivity (Wildman–Crippen MR) is 101 cm³/mol. The number of carbonyl (C=O) groups excluding carboxylic acids is 1. The lowest BCUT2D eigenvalue weighted by Gasteiger charge is -2.44. The van der Waals surface area contributed by atoms with Crippen molar-refractivity contribution in [2.45, 2.75) is 45.7 Å². The molecule has 1 aromatic carbocycles. The quantitative estimate of drug-likeness (QED) is 0.822. The van der Waals surface area contributed by atoms with Crippen molar-refractivity contribution < 1.29 is 13.2 Å². The van der Waals surface area contributed by atoms with E-state index in [-0.39, 0.29) is 29.5 Å². The zero-order chi connectivity index (χ0) is 18.4. The minimum absolute atomic E-state index is 0.00343. The Morgan fingerprint density at radius 2 is 1.64 bits per heavy atom. The van der Waals surface area contributed by atoms with Crippen LogP contribution in [0.1, 0.15) is 39.2 Å². The molecule has 2 fully saturated rings. The summed E-state index contributed by atoms with van der Waals surface area (Å²) in [5.41, 5.74) is 2.02. The Labute approximate surface area is 150 Å². The number of fused-ring (bicyclic) bond motifs is 1. The van der Waals surface area contributed by atoms with Crippen LogP contribution in [0.15, 0.2) is 24.3 Å². The molecule has 0 saturated carbocycles. The molecule has 0 aromatic heterocycles. The fourth-order valence-corrected chi connectivity index (χ4v) is 5.96. The van der Waals surface area contributed by atoms with Crippen LogP contribution < -0.4 is 4.90 Å². The molecule has 25 heavy (non-hydrogen) atoms. The summed E-state index contributed by atoms with van der Waals surface area (Å²) < 4.78 is 24.6. The summed E-state index contributed by atoms with van der Waals surface area (Å²) in [6.07, 6.45) is 0. The Hall–Kier alpha value is -1.40. The lowest BCUT2D eigenvalue weighted by Crippen LogP contribution is -2.62. The number of carbonyl (C=O) groups is 1. The second-order valence-electron chi connectivity index (χ2n) is 8.04. The highest BCUT2D eigenvalue weighted by molar-refractivity contribution is 7.91. The third-order valence-corrected chi connectivity index (χ3v) is 6.84. The number of piperazine rings is 1. The van der Waals surface area contributed by atoms with Crippen molar-refractivity contribution in [3.8, 4) is 0 Å². The van der Waals surface area contributed by atoms with Gasteiger partial charge >= 0.3 is 0 Å². The maximum absolute atomic E-state index is 12.8. The average molecular weight is 365 g/mol. The molecule has 5 nitrogen and oxygen atoms in total. The summed E-state index contributed by atoms with van der Waals surface area (Å²) in [5, 5.41) is 0. The van der Waals surface area contributed by atoms with Crippen LogP contribution in [0.25, 0.3) is 0 Å². The Kier molecular flexibility index (Phi) is 4.95. The zero-order valence-corrected chi connectivity index (χ0v) is 16.3. The van der Waals surface area contributed by atoms with Crippen LogP contribution in [0.5, 0.6) is 0 Å². The maximum Gasteiger partial charge on any atom is 0.241 e. The first-order chi connectivity index (χ1) is 11.7. The summed E-state index contributed by atoms with van der Waals surface area (Å²) in [5.74, 6) is 1.03. The number of hydrogen-bond donors (Lipinski definition) is 0. The van der Waals surface area contributed by atoms with Gasteiger partial charge < -0.3 is 4.90 Å². The van der Waals surface area contributed by atoms with Gasteiger partial charge in [0.2, 0.25) is 5.91 Å². The number of amides is 1. The van der Waals surface area contributed by atoms with Gasteiger partial charge in [-0.1, -0.05) is 39.8 Å². The summed E-state index contributed by atoms with van der Waals surface area (Å²) in [7, 11) is -3.12. The minimum atomic E-state index is -3.12. The van der Waals surface area contributed by atoms with Crippen LogP contribution in [0.4, 0.5) is 5.69 Å². The van der Waals surface area contributed by atoms with Crippen molar-refractivity contribution in [3.63, 3.8) is 0 Å². The van der Waals surface area contributed by atoms with Gasteiger partial charge in [-0.3, -0.25) is 9.69 Å². The van der Waals surface area contributed by atoms with E-state index in [1.807, 2.05) is 24.3 Å². The van der Waals surface area contributed by atoms with Crippen LogP contribution in [-0.4, -0.2) is 55.9 Å². The minimum Gasteiger partial charge on any atom is -0.306 e. The molecule has 2 aliphatic rings. The van der Waals surface area contributed by atoms with Crippen LogP contribution in [0.3, 0.4) is 0 Å². The maximum atomic E-state index is 12.8. The standard InChI is InChI=1S/C19H28N2O3S/c1-13(2)9-20-10-19(22)21(18-12-25(23,24)11-17(18)20)16-7-5-15(6-8-16)14(3)4/h5-8,13-14,17-18H,9-12H2,1-4H3. The van der Waals surface area contributed by atoms with Crippen LogP contribution in [-0.2, 0) is 14.6 Å². The third-order valence-electron chi connectivity index (χ3n) is 5.14. The summed E-state index contributed by atoms with van der Waals surface area (Å²) in [4.78, 5) is 16.7. The number of hydrogen-bond acceptors (Lipinski definition) is 4. The van der Waals surface area contributed by atoms with Crippen molar-refractivity contribution in [2.75, 3.05) is 29.5 Å². The lowest BCUT2D eigenvalue weighted by molar-refractivity contribution is -0.123. The first-order valence-electron chi connectivity index (χ1n) is 9.04. The van der Waals surface area contributed by atoms with E-state index < -0.39 is 9.84 Å². The van der Waals surface area contributed by atoms with Crippen molar-refractivity contribution in [2.24, 2.45) is 5.92 Å². The first kappa shape index (κ1) is 18.4. The van der Waals surface area contributed by atoms with Crippen LogP contribution in [0.2, 0.25) is 0 Å². The highest BCUT2D eigenvalue weighted by Gasteiger charge is 2.49. The Morgan fingerprint density at radius 3 is 2.20 bits per heavy atom. The zero-order valence-electron chi connectivity index (χ0n) is 15.5. The van der Waals surface area contributed by atoms with Crippen LogP contribution in [0, 0.1) is 5.92 Å². The number of sulfone groups is 1. The second kappa shape index (κ2) is 6.72. The van der Waals surface area contributed by atoms with E-state index >= 15 is 0 Å². The van der Waals surface area contributed by atoms with Gasteiger partial charge in [-0.25, -0.2) is 8.42 Å². The lowest BCUT2D eigenvalue weighted by atomic mass is 9.99. The molecule has 138 valence electrons. The number of anilines is 1. The fraction of sp³-hybridized carbons (Fsp3) is 0.632. The van der Waals surface area contributed by atoms with Crippen molar-refractivity contribution in [1.82, 2.24) is 4.90 Å². The van der Waals surface area contributed by atoms with Gasteiger partial charge in [0.05, 0.1) is 24.1 Å². The average Bonchev–Trinajstić information content (AvgIpc) is 2.82. The first-order valence-corrected chi connectivity index (χ1v) is 10.9. The monoisotopic (exact) mass is 364 g/mol. The van der Waals surface area contributed by atoms with E-state index in [2.05, 4.69) is 32.6 Å². The molecular weight excluding hydrogens is 336 g/mol. The van der Waals surface area contributed by atoms with E-state index in [9.17, 15) is 13.2 Å². The normalized spacial score (nSPS) is 26.5. The summed E-state index contributed by atoms with van der Waals surface area (Å²) >= 11 is 0. The topological polar surface area (TPSA) is 57.7 Å². The van der Waals surface area contributed by atoms with E-state index in [4.69, 9.17) is 0 Å². The molecular formula is C19H28N2O3S. The van der Waals surface area contributed by atoms with Gasteiger partial charge in [0, 0.05) is 18.3 Å². The molecule has 0 spiro atoms. The number of benzene rings is 1. The predicted octanol–water partition coefficient (Wildman–Crippen LogP) is 2.28. The van der Waals surface area contributed by atoms with E-state index in [1.54, 1.807) is 4.90 Å². The van der Waals surface area contributed by atoms with Crippen LogP contribution >= 0.6 is 0 Å². The smallest absolute Gasteiger partial charge is 0.241 e. The molecule has 2 atom stereocenters. The molecule has 2 aliphatic heterocycles. The molecule has 1 aromatic rings. The highest BCUT2D eigenvalue weighted by atomic mass is 32.2. The van der Waals surface area contributed by atoms with Crippen molar-refractivity contribution >= 4 is 21.4 Å². The molecule has 0 bridgehead atoms. The highest BCUT2D eigenvalue weighted by Crippen LogP contribution is 2.32. The molecule has 2 heterocycles. The summed E-state index contributed by atoms with van der Waals surface area (Å²) in [6.45, 7) is 9.50. The van der Waals surface area contributed by atoms with Crippen molar-refractivity contribution in [1.29, 1.82) is 0 Å². The molecule has 2 unspecified atom stereocenters.